The Bertz CT molecular complexity index is 1330. The first kappa shape index (κ1) is 25.0. The Morgan fingerprint density at radius 3 is 2.62 bits per heavy atom. The molecule has 192 valence electrons. The number of carbonyl (C=O) groups excluding carboxylic acids is 2. The number of methoxy groups -OCH3 is 1. The Morgan fingerprint density at radius 1 is 1.24 bits per heavy atom. The highest BCUT2D eigenvalue weighted by Crippen LogP contribution is 2.52. The lowest BCUT2D eigenvalue weighted by molar-refractivity contribution is -0.384. The number of non-ortho nitro benzene ring substituents is 1. The molecule has 3 atom stereocenters. The summed E-state index contributed by atoms with van der Waals surface area (Å²) in [6.07, 6.45) is 0.376. The SMILES string of the molecule is COc1ccc(-n2nnnc2SC[C@]2(C)S[C@@H]3CC(=O)N3[C@H]2C(=O)OCc2ccc([N+](=O)[O-])cc2)cc1. The van der Waals surface area contributed by atoms with Gasteiger partial charge in [0.15, 0.2) is 0 Å². The van der Waals surface area contributed by atoms with Gasteiger partial charge in [0.05, 0.1) is 34.3 Å². The number of hydrogen-bond acceptors (Lipinski definition) is 11. The third-order valence-corrected chi connectivity index (χ3v) is 9.22. The fourth-order valence-corrected chi connectivity index (χ4v) is 7.18. The van der Waals surface area contributed by atoms with Crippen molar-refractivity contribution in [1.82, 2.24) is 25.1 Å². The number of esters is 1. The summed E-state index contributed by atoms with van der Waals surface area (Å²) in [4.78, 5) is 37.6. The number of nitro benzene ring substituents is 1. The van der Waals surface area contributed by atoms with Crippen molar-refractivity contribution in [2.24, 2.45) is 0 Å². The van der Waals surface area contributed by atoms with E-state index in [4.69, 9.17) is 9.47 Å². The first-order valence-electron chi connectivity index (χ1n) is 11.2. The van der Waals surface area contributed by atoms with E-state index in [9.17, 15) is 19.7 Å². The molecule has 3 aromatic rings. The molecule has 0 N–H and O–H groups in total. The van der Waals surface area contributed by atoms with Crippen LogP contribution >= 0.6 is 23.5 Å². The number of β-lactam (4-membered cyclic amide) rings is 1. The minimum atomic E-state index is -0.778. The zero-order chi connectivity index (χ0) is 26.2. The molecule has 12 nitrogen and oxygen atoms in total. The second kappa shape index (κ2) is 10.0. The van der Waals surface area contributed by atoms with Gasteiger partial charge in [-0.2, -0.15) is 4.68 Å². The maximum Gasteiger partial charge on any atom is 0.330 e. The number of amides is 1. The predicted octanol–water partition coefficient (Wildman–Crippen LogP) is 2.85. The molecule has 2 aromatic carbocycles. The van der Waals surface area contributed by atoms with Crippen molar-refractivity contribution in [1.29, 1.82) is 0 Å². The van der Waals surface area contributed by atoms with Crippen molar-refractivity contribution in [3.63, 3.8) is 0 Å². The minimum Gasteiger partial charge on any atom is -0.497 e. The third kappa shape index (κ3) is 4.85. The molecule has 2 aliphatic heterocycles. The molecule has 14 heteroatoms. The largest absolute Gasteiger partial charge is 0.497 e. The van der Waals surface area contributed by atoms with E-state index in [0.717, 1.165) is 5.69 Å². The lowest BCUT2D eigenvalue weighted by Crippen LogP contribution is -2.58. The van der Waals surface area contributed by atoms with Crippen molar-refractivity contribution < 1.29 is 24.0 Å². The van der Waals surface area contributed by atoms with Crippen molar-refractivity contribution in [3.8, 4) is 11.4 Å². The molecule has 37 heavy (non-hydrogen) atoms. The van der Waals surface area contributed by atoms with Gasteiger partial charge >= 0.3 is 5.97 Å². The molecular formula is C23H22N6O6S2. The van der Waals surface area contributed by atoms with Gasteiger partial charge in [0.25, 0.3) is 5.69 Å². The van der Waals surface area contributed by atoms with Gasteiger partial charge in [-0.05, 0) is 59.3 Å². The lowest BCUT2D eigenvalue weighted by Gasteiger charge is -2.37. The third-order valence-electron chi connectivity index (χ3n) is 6.21. The van der Waals surface area contributed by atoms with Crippen LogP contribution in [-0.4, -0.2) is 70.9 Å². The number of thioether (sulfide) groups is 2. The Hall–Kier alpha value is -3.65. The number of tetrazole rings is 1. The van der Waals surface area contributed by atoms with E-state index in [0.29, 0.717) is 28.6 Å². The van der Waals surface area contributed by atoms with E-state index in [1.807, 2.05) is 31.2 Å². The van der Waals surface area contributed by atoms with Gasteiger partial charge < -0.3 is 14.4 Å². The monoisotopic (exact) mass is 542 g/mol. The second-order valence-corrected chi connectivity index (χ2v) is 11.3. The highest BCUT2D eigenvalue weighted by atomic mass is 32.2. The highest BCUT2D eigenvalue weighted by Gasteiger charge is 2.61. The second-order valence-electron chi connectivity index (χ2n) is 8.68. The average Bonchev–Trinajstić information content (AvgIpc) is 3.46. The van der Waals surface area contributed by atoms with E-state index < -0.39 is 21.7 Å². The number of aromatic nitrogens is 4. The van der Waals surface area contributed by atoms with Crippen molar-refractivity contribution in [2.75, 3.05) is 12.9 Å². The summed E-state index contributed by atoms with van der Waals surface area (Å²) in [7, 11) is 1.59. The molecule has 2 fully saturated rings. The summed E-state index contributed by atoms with van der Waals surface area (Å²) in [6, 6.07) is 12.3. The van der Waals surface area contributed by atoms with Gasteiger partial charge in [-0.3, -0.25) is 14.9 Å². The summed E-state index contributed by atoms with van der Waals surface area (Å²) in [5.41, 5.74) is 1.33. The number of benzene rings is 2. The van der Waals surface area contributed by atoms with Crippen LogP contribution in [0.3, 0.4) is 0 Å². The van der Waals surface area contributed by atoms with E-state index in [-0.39, 0.29) is 23.6 Å². The minimum absolute atomic E-state index is 0.0436. The molecule has 5 rings (SSSR count). The number of nitrogens with zero attached hydrogens (tertiary/aromatic N) is 6. The van der Waals surface area contributed by atoms with Gasteiger partial charge in [0, 0.05) is 17.9 Å². The number of hydrogen-bond donors (Lipinski definition) is 0. The molecule has 0 bridgehead atoms. The van der Waals surface area contributed by atoms with Gasteiger partial charge in [0.2, 0.25) is 11.1 Å². The summed E-state index contributed by atoms with van der Waals surface area (Å²) >= 11 is 2.97. The molecule has 1 aromatic heterocycles. The standard InChI is InChI=1S/C23H22N6O6S2/c1-23(13-36-22-24-25-26-28(22)15-7-9-17(34-2)10-8-15)20(27-18(30)11-19(27)37-23)21(31)35-12-14-3-5-16(6-4-14)29(32)33/h3-10,19-20H,11-13H2,1-2H3/t19-,20+,23+/m1/s1. The Morgan fingerprint density at radius 2 is 1.97 bits per heavy atom. The topological polar surface area (TPSA) is 143 Å². The maximum absolute atomic E-state index is 13.3. The Labute approximate surface area is 219 Å². The first-order chi connectivity index (χ1) is 17.8. The van der Waals surface area contributed by atoms with Crippen LogP contribution in [0.15, 0.2) is 53.7 Å². The first-order valence-corrected chi connectivity index (χ1v) is 13.1. The molecule has 0 aliphatic carbocycles. The molecule has 0 radical (unpaired) electrons. The van der Waals surface area contributed by atoms with Crippen molar-refractivity contribution >= 4 is 41.1 Å². The van der Waals surface area contributed by atoms with Gasteiger partial charge in [-0.25, -0.2) is 4.79 Å². The van der Waals surface area contributed by atoms with Crippen LogP contribution in [0, 0.1) is 10.1 Å². The predicted molar refractivity (Wildman–Crippen MR) is 134 cm³/mol. The number of carbonyl (C=O) groups is 2. The number of rotatable bonds is 9. The smallest absolute Gasteiger partial charge is 0.330 e. The Balaban J connectivity index is 1.29. The summed E-state index contributed by atoms with van der Waals surface area (Å²) < 4.78 is 11.7. The van der Waals surface area contributed by atoms with E-state index in [2.05, 4.69) is 15.5 Å². The number of fused-ring (bicyclic) bond motifs is 1. The fraction of sp³-hybridized carbons (Fsp3) is 0.348. The van der Waals surface area contributed by atoms with Crippen LogP contribution in [-0.2, 0) is 20.9 Å². The quantitative estimate of drug-likeness (QED) is 0.129. The average molecular weight is 543 g/mol. The van der Waals surface area contributed by atoms with Crippen LogP contribution in [0.2, 0.25) is 0 Å². The zero-order valence-corrected chi connectivity index (χ0v) is 21.5. The highest BCUT2D eigenvalue weighted by molar-refractivity contribution is 8.04. The van der Waals surface area contributed by atoms with Crippen LogP contribution in [0.5, 0.6) is 5.75 Å². The normalized spacial score (nSPS) is 22.3. The summed E-state index contributed by atoms with van der Waals surface area (Å²) in [5.74, 6) is 0.558. The maximum atomic E-state index is 13.3. The molecule has 2 saturated heterocycles. The van der Waals surface area contributed by atoms with Crippen LogP contribution in [0.4, 0.5) is 5.69 Å². The van der Waals surface area contributed by atoms with Crippen molar-refractivity contribution in [3.05, 3.63) is 64.2 Å². The zero-order valence-electron chi connectivity index (χ0n) is 19.8. The molecule has 3 heterocycles. The van der Waals surface area contributed by atoms with E-state index in [1.54, 1.807) is 40.6 Å². The van der Waals surface area contributed by atoms with Gasteiger partial charge in [-0.1, -0.05) is 11.8 Å². The summed E-state index contributed by atoms with van der Waals surface area (Å²) in [6.45, 7) is 1.89. The Kier molecular flexibility index (Phi) is 6.77. The number of ether oxygens (including phenoxy) is 2. The number of nitro groups is 1. The van der Waals surface area contributed by atoms with E-state index >= 15 is 0 Å². The fourth-order valence-electron chi connectivity index (χ4n) is 4.26. The molecule has 0 unspecified atom stereocenters. The summed E-state index contributed by atoms with van der Waals surface area (Å²) in [5, 5.41) is 23.3. The molecule has 2 aliphatic rings. The molecule has 0 spiro atoms. The van der Waals surface area contributed by atoms with Crippen molar-refractivity contribution in [2.45, 2.75) is 41.3 Å². The van der Waals surface area contributed by atoms with Gasteiger partial charge in [-0.15, -0.1) is 16.9 Å². The van der Waals surface area contributed by atoms with E-state index in [1.165, 1.54) is 23.9 Å². The molecular weight excluding hydrogens is 520 g/mol. The van der Waals surface area contributed by atoms with Crippen LogP contribution < -0.4 is 4.74 Å². The van der Waals surface area contributed by atoms with Crippen LogP contribution in [0.1, 0.15) is 18.9 Å². The molecule has 1 amide bonds. The molecule has 0 saturated carbocycles. The van der Waals surface area contributed by atoms with Gasteiger partial charge in [0.1, 0.15) is 18.4 Å². The lowest BCUT2D eigenvalue weighted by atomic mass is 9.98. The van der Waals surface area contributed by atoms with Crippen LogP contribution in [0.25, 0.3) is 5.69 Å².